The number of esters is 1. The first kappa shape index (κ1) is 13.5. The van der Waals surface area contributed by atoms with Crippen molar-refractivity contribution >= 4 is 12.0 Å². The molecule has 0 saturated carbocycles. The lowest BCUT2D eigenvalue weighted by atomic mass is 10.1. The van der Waals surface area contributed by atoms with Crippen LogP contribution in [-0.4, -0.2) is 12.6 Å². The maximum Gasteiger partial charge on any atom is 0.330 e. The summed E-state index contributed by atoms with van der Waals surface area (Å²) >= 11 is 0. The monoisotopic (exact) mass is 232 g/mol. The lowest BCUT2D eigenvalue weighted by Crippen LogP contribution is -2.01. The molecule has 0 bridgehead atoms. The van der Waals surface area contributed by atoms with Crippen LogP contribution in [0.2, 0.25) is 0 Å². The highest BCUT2D eigenvalue weighted by atomic mass is 16.5. The highest BCUT2D eigenvalue weighted by Gasteiger charge is 1.96. The fraction of sp³-hybridized carbons (Fsp3) is 0.400. The Morgan fingerprint density at radius 2 is 1.94 bits per heavy atom. The van der Waals surface area contributed by atoms with Gasteiger partial charge in [0.15, 0.2) is 0 Å². The van der Waals surface area contributed by atoms with Crippen LogP contribution < -0.4 is 0 Å². The van der Waals surface area contributed by atoms with Crippen LogP contribution in [-0.2, 0) is 16.0 Å². The predicted octanol–water partition coefficient (Wildman–Crippen LogP) is 3.61. The number of carbonyl (C=O) groups excluding carboxylic acids is 1. The zero-order valence-electron chi connectivity index (χ0n) is 10.6. The van der Waals surface area contributed by atoms with E-state index < -0.39 is 0 Å². The minimum Gasteiger partial charge on any atom is -0.463 e. The molecule has 0 N–H and O–H groups in total. The van der Waals surface area contributed by atoms with Gasteiger partial charge in [-0.1, -0.05) is 44.5 Å². The summed E-state index contributed by atoms with van der Waals surface area (Å²) < 4.78 is 5.02. The van der Waals surface area contributed by atoms with Crippen molar-refractivity contribution in [1.29, 1.82) is 0 Å². The van der Waals surface area contributed by atoms with E-state index in [1.165, 1.54) is 11.6 Å². The maximum atomic E-state index is 11.3. The quantitative estimate of drug-likeness (QED) is 0.425. The van der Waals surface area contributed by atoms with Crippen LogP contribution in [0.15, 0.2) is 30.3 Å². The molecule has 0 aliphatic heterocycles. The van der Waals surface area contributed by atoms with Crippen LogP contribution in [0.5, 0.6) is 0 Å². The maximum absolute atomic E-state index is 11.3. The smallest absolute Gasteiger partial charge is 0.330 e. The van der Waals surface area contributed by atoms with E-state index in [1.807, 2.05) is 12.1 Å². The molecule has 2 heteroatoms. The summed E-state index contributed by atoms with van der Waals surface area (Å²) in [7, 11) is 0. The molecule has 0 aromatic heterocycles. The molecule has 0 fully saturated rings. The molecule has 0 aliphatic rings. The van der Waals surface area contributed by atoms with E-state index >= 15 is 0 Å². The summed E-state index contributed by atoms with van der Waals surface area (Å²) in [6.07, 6.45) is 6.26. The highest BCUT2D eigenvalue weighted by Crippen LogP contribution is 2.06. The summed E-state index contributed by atoms with van der Waals surface area (Å²) in [4.78, 5) is 11.3. The Labute approximate surface area is 103 Å². The number of hydrogen-bond donors (Lipinski definition) is 0. The average Bonchev–Trinajstić information content (AvgIpc) is 2.37. The molecule has 92 valence electrons. The van der Waals surface area contributed by atoms with Gasteiger partial charge in [0.1, 0.15) is 0 Å². The van der Waals surface area contributed by atoms with E-state index in [9.17, 15) is 4.79 Å². The molecule has 1 rings (SSSR count). The minimum absolute atomic E-state index is 0.266. The van der Waals surface area contributed by atoms with Gasteiger partial charge in [0.25, 0.3) is 0 Å². The summed E-state index contributed by atoms with van der Waals surface area (Å²) in [5.41, 5.74) is 2.32. The molecule has 0 amide bonds. The zero-order chi connectivity index (χ0) is 12.5. The number of rotatable bonds is 6. The number of hydrogen-bond acceptors (Lipinski definition) is 2. The van der Waals surface area contributed by atoms with Crippen LogP contribution in [0.3, 0.4) is 0 Å². The number of aryl methyl sites for hydroxylation is 1. The van der Waals surface area contributed by atoms with Crippen molar-refractivity contribution in [1.82, 2.24) is 0 Å². The Morgan fingerprint density at radius 3 is 2.53 bits per heavy atom. The first-order valence-electron chi connectivity index (χ1n) is 6.20. The fourth-order valence-corrected chi connectivity index (χ4v) is 1.39. The van der Waals surface area contributed by atoms with E-state index in [1.54, 1.807) is 6.08 Å². The van der Waals surface area contributed by atoms with Gasteiger partial charge in [-0.3, -0.25) is 0 Å². The Bertz CT molecular complexity index is 363. The molecule has 0 spiro atoms. The van der Waals surface area contributed by atoms with E-state index in [-0.39, 0.29) is 5.97 Å². The Hall–Kier alpha value is -1.57. The topological polar surface area (TPSA) is 26.3 Å². The molecule has 0 atom stereocenters. The number of unbranched alkanes of at least 4 members (excludes halogenated alkanes) is 1. The third-order valence-corrected chi connectivity index (χ3v) is 2.54. The standard InChI is InChI=1S/C15H20O2/c1-3-5-12-17-15(16)11-10-14-8-6-13(4-2)7-9-14/h6-11H,3-5,12H2,1-2H3. The third kappa shape index (κ3) is 5.34. The summed E-state index contributed by atoms with van der Waals surface area (Å²) in [6.45, 7) is 4.70. The first-order chi connectivity index (χ1) is 8.26. The lowest BCUT2D eigenvalue weighted by molar-refractivity contribution is -0.137. The fourth-order valence-electron chi connectivity index (χ4n) is 1.39. The van der Waals surface area contributed by atoms with Gasteiger partial charge in [-0.05, 0) is 30.0 Å². The largest absolute Gasteiger partial charge is 0.463 e. The Kier molecular flexibility index (Phi) is 6.08. The zero-order valence-corrected chi connectivity index (χ0v) is 10.6. The van der Waals surface area contributed by atoms with Crippen molar-refractivity contribution in [3.05, 3.63) is 41.5 Å². The van der Waals surface area contributed by atoms with Crippen LogP contribution in [0.1, 0.15) is 37.8 Å². The molecule has 0 aliphatic carbocycles. The van der Waals surface area contributed by atoms with Crippen molar-refractivity contribution < 1.29 is 9.53 Å². The summed E-state index contributed by atoms with van der Waals surface area (Å²) in [5.74, 6) is -0.266. The highest BCUT2D eigenvalue weighted by molar-refractivity contribution is 5.87. The van der Waals surface area contributed by atoms with E-state index in [2.05, 4.69) is 26.0 Å². The normalized spacial score (nSPS) is 10.7. The van der Waals surface area contributed by atoms with Gasteiger partial charge >= 0.3 is 5.97 Å². The van der Waals surface area contributed by atoms with Crippen molar-refractivity contribution in [2.75, 3.05) is 6.61 Å². The minimum atomic E-state index is -0.266. The van der Waals surface area contributed by atoms with E-state index in [0.29, 0.717) is 6.61 Å². The van der Waals surface area contributed by atoms with Gasteiger partial charge in [0.05, 0.1) is 6.61 Å². The van der Waals surface area contributed by atoms with Gasteiger partial charge in [0.2, 0.25) is 0 Å². The second-order valence-electron chi connectivity index (χ2n) is 3.95. The second-order valence-corrected chi connectivity index (χ2v) is 3.95. The van der Waals surface area contributed by atoms with Crippen molar-refractivity contribution in [3.63, 3.8) is 0 Å². The van der Waals surface area contributed by atoms with Crippen LogP contribution in [0, 0.1) is 0 Å². The molecule has 0 unspecified atom stereocenters. The molecular formula is C15H20O2. The molecule has 0 radical (unpaired) electrons. The first-order valence-corrected chi connectivity index (χ1v) is 6.20. The summed E-state index contributed by atoms with van der Waals surface area (Å²) in [6, 6.07) is 8.16. The van der Waals surface area contributed by atoms with Gasteiger partial charge < -0.3 is 4.74 Å². The van der Waals surface area contributed by atoms with Gasteiger partial charge in [-0.15, -0.1) is 0 Å². The molecule has 1 aromatic rings. The molecule has 0 heterocycles. The van der Waals surface area contributed by atoms with Crippen LogP contribution >= 0.6 is 0 Å². The third-order valence-electron chi connectivity index (χ3n) is 2.54. The molecule has 1 aromatic carbocycles. The number of benzene rings is 1. The predicted molar refractivity (Wildman–Crippen MR) is 70.7 cm³/mol. The van der Waals surface area contributed by atoms with Crippen LogP contribution in [0.4, 0.5) is 0 Å². The van der Waals surface area contributed by atoms with E-state index in [0.717, 1.165) is 24.8 Å². The molecule has 17 heavy (non-hydrogen) atoms. The number of carbonyl (C=O) groups is 1. The van der Waals surface area contributed by atoms with Crippen molar-refractivity contribution in [3.8, 4) is 0 Å². The molecule has 2 nitrogen and oxygen atoms in total. The Balaban J connectivity index is 2.43. The van der Waals surface area contributed by atoms with Gasteiger partial charge in [0, 0.05) is 6.08 Å². The summed E-state index contributed by atoms with van der Waals surface area (Å²) in [5, 5.41) is 0. The van der Waals surface area contributed by atoms with Crippen LogP contribution in [0.25, 0.3) is 6.08 Å². The van der Waals surface area contributed by atoms with E-state index in [4.69, 9.17) is 4.74 Å². The average molecular weight is 232 g/mol. The SMILES string of the molecule is CCCCOC(=O)C=Cc1ccc(CC)cc1. The lowest BCUT2D eigenvalue weighted by Gasteiger charge is -1.99. The van der Waals surface area contributed by atoms with Crippen molar-refractivity contribution in [2.24, 2.45) is 0 Å². The van der Waals surface area contributed by atoms with Crippen molar-refractivity contribution in [2.45, 2.75) is 33.1 Å². The molecule has 0 saturated heterocycles. The molecular weight excluding hydrogens is 212 g/mol. The second kappa shape index (κ2) is 7.66. The Morgan fingerprint density at radius 1 is 1.24 bits per heavy atom. The van der Waals surface area contributed by atoms with Gasteiger partial charge in [-0.25, -0.2) is 4.79 Å². The van der Waals surface area contributed by atoms with Gasteiger partial charge in [-0.2, -0.15) is 0 Å². The number of ether oxygens (including phenoxy) is 1.